The maximum atomic E-state index is 6.15. The van der Waals surface area contributed by atoms with Crippen molar-refractivity contribution < 1.29 is 4.74 Å². The molecule has 1 unspecified atom stereocenters. The normalized spacial score (nSPS) is 12.1. The number of aromatic nitrogens is 2. The summed E-state index contributed by atoms with van der Waals surface area (Å²) in [4.78, 5) is 11.9. The number of nitrogens with zero attached hydrogens (tertiary/aromatic N) is 3. The van der Waals surface area contributed by atoms with Gasteiger partial charge in [0.2, 0.25) is 5.88 Å². The minimum Gasteiger partial charge on any atom is -0.476 e. The van der Waals surface area contributed by atoms with E-state index in [-0.39, 0.29) is 0 Å². The van der Waals surface area contributed by atoms with E-state index in [4.69, 9.17) is 10.5 Å². The number of hydrogen-bond acceptors (Lipinski definition) is 6. The van der Waals surface area contributed by atoms with Crippen LogP contribution in [0.2, 0.25) is 0 Å². The first-order valence-corrected chi connectivity index (χ1v) is 8.00. The predicted octanol–water partition coefficient (Wildman–Crippen LogP) is 2.98. The summed E-state index contributed by atoms with van der Waals surface area (Å²) in [5.41, 5.74) is 6.65. The maximum Gasteiger partial charge on any atom is 0.242 e. The maximum absolute atomic E-state index is 6.15. The van der Waals surface area contributed by atoms with Crippen molar-refractivity contribution in [2.75, 3.05) is 24.3 Å². The lowest BCUT2D eigenvalue weighted by Gasteiger charge is -2.27. The second-order valence-corrected chi connectivity index (χ2v) is 6.04. The number of anilines is 2. The van der Waals surface area contributed by atoms with Crippen molar-refractivity contribution in [2.24, 2.45) is 0 Å². The predicted molar refractivity (Wildman–Crippen MR) is 88.1 cm³/mol. The monoisotopic (exact) mass is 306 g/mol. The van der Waals surface area contributed by atoms with E-state index < -0.39 is 0 Å². The van der Waals surface area contributed by atoms with Gasteiger partial charge in [-0.15, -0.1) is 11.3 Å². The SMILES string of the molecule is CCCOc1ncnc(N(C)C(C)Cc2cccs2)c1N. The Morgan fingerprint density at radius 2 is 2.24 bits per heavy atom. The summed E-state index contributed by atoms with van der Waals surface area (Å²) in [7, 11) is 2.00. The highest BCUT2D eigenvalue weighted by atomic mass is 32.1. The van der Waals surface area contributed by atoms with Crippen LogP contribution in [0.3, 0.4) is 0 Å². The Bertz CT molecular complexity index is 559. The van der Waals surface area contributed by atoms with E-state index in [2.05, 4.69) is 39.3 Å². The molecular weight excluding hydrogens is 284 g/mol. The molecule has 2 aromatic rings. The van der Waals surface area contributed by atoms with Gasteiger partial charge < -0.3 is 15.4 Å². The van der Waals surface area contributed by atoms with Crippen molar-refractivity contribution >= 4 is 22.8 Å². The molecular formula is C15H22N4OS. The number of ether oxygens (including phenoxy) is 1. The molecule has 0 saturated carbocycles. The fourth-order valence-corrected chi connectivity index (χ4v) is 2.86. The Balaban J connectivity index is 2.12. The Morgan fingerprint density at radius 3 is 2.90 bits per heavy atom. The van der Waals surface area contributed by atoms with E-state index in [1.807, 2.05) is 14.0 Å². The second-order valence-electron chi connectivity index (χ2n) is 5.01. The van der Waals surface area contributed by atoms with Gasteiger partial charge in [-0.2, -0.15) is 4.98 Å². The first kappa shape index (κ1) is 15.6. The van der Waals surface area contributed by atoms with Crippen molar-refractivity contribution in [3.8, 4) is 5.88 Å². The summed E-state index contributed by atoms with van der Waals surface area (Å²) >= 11 is 1.77. The number of likely N-dealkylation sites (N-methyl/N-ethyl adjacent to an activating group) is 1. The average Bonchev–Trinajstić information content (AvgIpc) is 2.98. The number of nitrogen functional groups attached to an aromatic ring is 1. The van der Waals surface area contributed by atoms with Crippen LogP contribution in [0.4, 0.5) is 11.5 Å². The highest BCUT2D eigenvalue weighted by Gasteiger charge is 2.18. The quantitative estimate of drug-likeness (QED) is 0.852. The molecule has 0 aliphatic heterocycles. The third-order valence-electron chi connectivity index (χ3n) is 3.34. The highest BCUT2D eigenvalue weighted by molar-refractivity contribution is 7.09. The molecule has 0 amide bonds. The van der Waals surface area contributed by atoms with Crippen LogP contribution in [0.25, 0.3) is 0 Å². The van der Waals surface area contributed by atoms with Gasteiger partial charge in [-0.3, -0.25) is 0 Å². The van der Waals surface area contributed by atoms with Crippen LogP contribution in [-0.2, 0) is 6.42 Å². The van der Waals surface area contributed by atoms with E-state index in [0.717, 1.165) is 18.7 Å². The van der Waals surface area contributed by atoms with Gasteiger partial charge in [0.1, 0.15) is 12.0 Å². The number of hydrogen-bond donors (Lipinski definition) is 1. The molecule has 0 bridgehead atoms. The third-order valence-corrected chi connectivity index (χ3v) is 4.24. The molecule has 0 aromatic carbocycles. The molecule has 0 saturated heterocycles. The van der Waals surface area contributed by atoms with Gasteiger partial charge >= 0.3 is 0 Å². The fraction of sp³-hybridized carbons (Fsp3) is 0.467. The van der Waals surface area contributed by atoms with Gasteiger partial charge in [0.05, 0.1) is 6.61 Å². The largest absolute Gasteiger partial charge is 0.476 e. The van der Waals surface area contributed by atoms with Crippen LogP contribution in [0.5, 0.6) is 5.88 Å². The average molecular weight is 306 g/mol. The lowest BCUT2D eigenvalue weighted by Crippen LogP contribution is -2.32. The van der Waals surface area contributed by atoms with Crippen molar-refractivity contribution in [2.45, 2.75) is 32.7 Å². The van der Waals surface area contributed by atoms with Crippen LogP contribution in [0.1, 0.15) is 25.1 Å². The summed E-state index contributed by atoms with van der Waals surface area (Å²) in [6.07, 6.45) is 3.39. The van der Waals surface area contributed by atoms with Crippen LogP contribution in [0, 0.1) is 0 Å². The van der Waals surface area contributed by atoms with Crippen molar-refractivity contribution in [3.05, 3.63) is 28.7 Å². The van der Waals surface area contributed by atoms with Gasteiger partial charge in [0, 0.05) is 24.4 Å². The third kappa shape index (κ3) is 3.85. The van der Waals surface area contributed by atoms with Crippen LogP contribution in [0.15, 0.2) is 23.8 Å². The molecule has 1 atom stereocenters. The van der Waals surface area contributed by atoms with Gasteiger partial charge in [-0.05, 0) is 24.8 Å². The zero-order valence-corrected chi connectivity index (χ0v) is 13.6. The summed E-state index contributed by atoms with van der Waals surface area (Å²) in [6.45, 7) is 4.82. The van der Waals surface area contributed by atoms with Gasteiger partial charge in [0.15, 0.2) is 5.82 Å². The lowest BCUT2D eigenvalue weighted by atomic mass is 10.2. The molecule has 2 N–H and O–H groups in total. The van der Waals surface area contributed by atoms with Crippen LogP contribution in [-0.4, -0.2) is 29.7 Å². The Kier molecular flexibility index (Phi) is 5.38. The molecule has 2 aromatic heterocycles. The van der Waals surface area contributed by atoms with Crippen molar-refractivity contribution in [3.63, 3.8) is 0 Å². The number of thiophene rings is 1. The molecule has 0 radical (unpaired) electrons. The molecule has 2 rings (SSSR count). The van der Waals surface area contributed by atoms with E-state index in [1.54, 1.807) is 11.3 Å². The molecule has 5 nitrogen and oxygen atoms in total. The Morgan fingerprint density at radius 1 is 1.43 bits per heavy atom. The van der Waals surface area contributed by atoms with E-state index in [0.29, 0.717) is 24.2 Å². The summed E-state index contributed by atoms with van der Waals surface area (Å²) in [6, 6.07) is 4.51. The second kappa shape index (κ2) is 7.26. The molecule has 0 spiro atoms. The number of rotatable bonds is 7. The summed E-state index contributed by atoms with van der Waals surface area (Å²) in [5.74, 6) is 1.19. The van der Waals surface area contributed by atoms with Gasteiger partial charge in [-0.1, -0.05) is 13.0 Å². The Labute approximate surface area is 129 Å². The topological polar surface area (TPSA) is 64.3 Å². The zero-order valence-electron chi connectivity index (χ0n) is 12.7. The van der Waals surface area contributed by atoms with Crippen LogP contribution < -0.4 is 15.4 Å². The molecule has 0 fully saturated rings. The minimum absolute atomic E-state index is 0.292. The molecule has 6 heteroatoms. The zero-order chi connectivity index (χ0) is 15.2. The van der Waals surface area contributed by atoms with Crippen LogP contribution >= 0.6 is 11.3 Å². The lowest BCUT2D eigenvalue weighted by molar-refractivity contribution is 0.306. The smallest absolute Gasteiger partial charge is 0.242 e. The van der Waals surface area contributed by atoms with Gasteiger partial charge in [0.25, 0.3) is 0 Å². The van der Waals surface area contributed by atoms with Gasteiger partial charge in [-0.25, -0.2) is 4.98 Å². The molecule has 0 aliphatic carbocycles. The van der Waals surface area contributed by atoms with Crippen molar-refractivity contribution in [1.82, 2.24) is 9.97 Å². The first-order chi connectivity index (χ1) is 10.1. The van der Waals surface area contributed by atoms with E-state index >= 15 is 0 Å². The fourth-order valence-electron chi connectivity index (χ4n) is 2.03. The number of nitrogens with two attached hydrogens (primary N) is 1. The van der Waals surface area contributed by atoms with E-state index in [9.17, 15) is 0 Å². The molecule has 21 heavy (non-hydrogen) atoms. The molecule has 2 heterocycles. The summed E-state index contributed by atoms with van der Waals surface area (Å²) < 4.78 is 5.56. The Hall–Kier alpha value is -1.82. The summed E-state index contributed by atoms with van der Waals surface area (Å²) in [5, 5.41) is 2.10. The first-order valence-electron chi connectivity index (χ1n) is 7.12. The highest BCUT2D eigenvalue weighted by Crippen LogP contribution is 2.29. The molecule has 114 valence electrons. The molecule has 0 aliphatic rings. The minimum atomic E-state index is 0.292. The van der Waals surface area contributed by atoms with Crippen molar-refractivity contribution in [1.29, 1.82) is 0 Å². The standard InChI is InChI=1S/C15H22N4OS/c1-4-7-20-15-13(16)14(17-10-18-15)19(3)11(2)9-12-6-5-8-21-12/h5-6,8,10-11H,4,7,9,16H2,1-3H3. The van der Waals surface area contributed by atoms with E-state index in [1.165, 1.54) is 11.2 Å².